The number of aromatic nitrogens is 2. The van der Waals surface area contributed by atoms with Gasteiger partial charge in [-0.25, -0.2) is 4.98 Å². The SMILES string of the molecule is CCCNC1CC2CCCC(C1)N2C(C)Cn1ccnc1. The van der Waals surface area contributed by atoms with Crippen molar-refractivity contribution in [3.05, 3.63) is 18.7 Å². The first-order valence-corrected chi connectivity index (χ1v) is 8.74. The fraction of sp³-hybridized carbons (Fsp3) is 0.824. The Morgan fingerprint density at radius 1 is 1.29 bits per heavy atom. The van der Waals surface area contributed by atoms with E-state index in [1.807, 2.05) is 12.5 Å². The van der Waals surface area contributed by atoms with Crippen LogP contribution >= 0.6 is 0 Å². The summed E-state index contributed by atoms with van der Waals surface area (Å²) in [7, 11) is 0. The van der Waals surface area contributed by atoms with Crippen LogP contribution in [0.1, 0.15) is 52.4 Å². The summed E-state index contributed by atoms with van der Waals surface area (Å²) in [4.78, 5) is 7.00. The summed E-state index contributed by atoms with van der Waals surface area (Å²) in [6, 6.07) is 2.93. The van der Waals surface area contributed by atoms with Gasteiger partial charge in [0.2, 0.25) is 0 Å². The molecule has 4 nitrogen and oxygen atoms in total. The molecule has 2 bridgehead atoms. The molecule has 3 unspecified atom stereocenters. The first kappa shape index (κ1) is 15.0. The highest BCUT2D eigenvalue weighted by molar-refractivity contribution is 4.97. The Balaban J connectivity index is 1.63. The van der Waals surface area contributed by atoms with Crippen LogP contribution in [-0.4, -0.2) is 45.2 Å². The normalized spacial score (nSPS) is 31.2. The van der Waals surface area contributed by atoms with Crippen molar-refractivity contribution in [1.82, 2.24) is 19.8 Å². The second-order valence-electron chi connectivity index (χ2n) is 6.92. The van der Waals surface area contributed by atoms with Gasteiger partial charge in [-0.3, -0.25) is 4.90 Å². The Kier molecular flexibility index (Phi) is 4.96. The Labute approximate surface area is 128 Å². The molecule has 118 valence electrons. The van der Waals surface area contributed by atoms with Crippen LogP contribution in [0.5, 0.6) is 0 Å². The van der Waals surface area contributed by atoms with Crippen LogP contribution in [0.4, 0.5) is 0 Å². The fourth-order valence-corrected chi connectivity index (χ4v) is 4.45. The Morgan fingerprint density at radius 2 is 2.05 bits per heavy atom. The van der Waals surface area contributed by atoms with Crippen LogP contribution in [0, 0.1) is 0 Å². The van der Waals surface area contributed by atoms with Crippen molar-refractivity contribution >= 4 is 0 Å². The Hall–Kier alpha value is -0.870. The summed E-state index contributed by atoms with van der Waals surface area (Å²) < 4.78 is 2.22. The predicted molar refractivity (Wildman–Crippen MR) is 86.3 cm³/mol. The van der Waals surface area contributed by atoms with E-state index in [1.165, 1.54) is 45.1 Å². The molecule has 1 N–H and O–H groups in total. The molecule has 0 saturated carbocycles. The molecule has 21 heavy (non-hydrogen) atoms. The molecule has 1 aromatic heterocycles. The number of fused-ring (bicyclic) bond motifs is 2. The van der Waals surface area contributed by atoms with E-state index in [0.29, 0.717) is 6.04 Å². The third-order valence-electron chi connectivity index (χ3n) is 5.26. The molecule has 4 heteroatoms. The number of nitrogens with zero attached hydrogens (tertiary/aromatic N) is 3. The number of piperidine rings is 2. The summed E-state index contributed by atoms with van der Waals surface area (Å²) in [5.41, 5.74) is 0. The number of nitrogens with one attached hydrogen (secondary N) is 1. The Morgan fingerprint density at radius 3 is 2.67 bits per heavy atom. The molecule has 2 aliphatic rings. The van der Waals surface area contributed by atoms with Crippen LogP contribution in [0.2, 0.25) is 0 Å². The molecule has 0 spiro atoms. The fourth-order valence-electron chi connectivity index (χ4n) is 4.45. The molecule has 2 saturated heterocycles. The van der Waals surface area contributed by atoms with Crippen LogP contribution in [0.3, 0.4) is 0 Å². The van der Waals surface area contributed by atoms with Crippen LogP contribution in [0.25, 0.3) is 0 Å². The smallest absolute Gasteiger partial charge is 0.0946 e. The van der Waals surface area contributed by atoms with Gasteiger partial charge in [0.15, 0.2) is 0 Å². The van der Waals surface area contributed by atoms with E-state index in [0.717, 1.165) is 24.7 Å². The van der Waals surface area contributed by atoms with E-state index < -0.39 is 0 Å². The highest BCUT2D eigenvalue weighted by Gasteiger charge is 2.40. The van der Waals surface area contributed by atoms with Crippen LogP contribution in [-0.2, 0) is 6.54 Å². The summed E-state index contributed by atoms with van der Waals surface area (Å²) in [5.74, 6) is 0. The molecule has 1 aromatic rings. The van der Waals surface area contributed by atoms with Crippen LogP contribution in [0.15, 0.2) is 18.7 Å². The lowest BCUT2D eigenvalue weighted by Gasteiger charge is -2.51. The topological polar surface area (TPSA) is 33.1 Å². The second kappa shape index (κ2) is 6.93. The summed E-state index contributed by atoms with van der Waals surface area (Å²) in [6.07, 6.45) is 14.0. The largest absolute Gasteiger partial charge is 0.336 e. The lowest BCUT2D eigenvalue weighted by atomic mass is 9.80. The van der Waals surface area contributed by atoms with E-state index in [2.05, 4.69) is 39.8 Å². The van der Waals surface area contributed by atoms with E-state index in [9.17, 15) is 0 Å². The van der Waals surface area contributed by atoms with Crippen LogP contribution < -0.4 is 5.32 Å². The standard InChI is InChI=1S/C17H30N4/c1-3-7-19-15-10-16-5-4-6-17(11-15)21(16)14(2)12-20-9-8-18-13-20/h8-9,13-17,19H,3-7,10-12H2,1-2H3. The zero-order valence-electron chi connectivity index (χ0n) is 13.5. The highest BCUT2D eigenvalue weighted by Crippen LogP contribution is 2.35. The van der Waals surface area contributed by atoms with Crippen molar-refractivity contribution < 1.29 is 0 Å². The average Bonchev–Trinajstić information content (AvgIpc) is 2.96. The molecular formula is C17H30N4. The van der Waals surface area contributed by atoms with Crippen molar-refractivity contribution in [2.75, 3.05) is 6.54 Å². The van der Waals surface area contributed by atoms with Gasteiger partial charge in [-0.2, -0.15) is 0 Å². The van der Waals surface area contributed by atoms with Gasteiger partial charge in [-0.15, -0.1) is 0 Å². The van der Waals surface area contributed by atoms with Gasteiger partial charge in [0.1, 0.15) is 0 Å². The molecule has 0 amide bonds. The van der Waals surface area contributed by atoms with E-state index in [4.69, 9.17) is 0 Å². The van der Waals surface area contributed by atoms with Crippen molar-refractivity contribution in [2.45, 2.75) is 83.1 Å². The van der Waals surface area contributed by atoms with Gasteiger partial charge in [0.05, 0.1) is 6.33 Å². The molecule has 0 aliphatic carbocycles. The van der Waals surface area contributed by atoms with Crippen molar-refractivity contribution in [2.24, 2.45) is 0 Å². The molecule has 3 heterocycles. The summed E-state index contributed by atoms with van der Waals surface area (Å²) in [6.45, 7) is 6.90. The molecule has 2 fully saturated rings. The molecule has 3 atom stereocenters. The third-order valence-corrected chi connectivity index (χ3v) is 5.26. The summed E-state index contributed by atoms with van der Waals surface area (Å²) in [5, 5.41) is 3.76. The number of rotatable bonds is 6. The van der Waals surface area contributed by atoms with E-state index >= 15 is 0 Å². The van der Waals surface area contributed by atoms with Gasteiger partial charge < -0.3 is 9.88 Å². The maximum Gasteiger partial charge on any atom is 0.0946 e. The third kappa shape index (κ3) is 3.49. The maximum absolute atomic E-state index is 4.17. The highest BCUT2D eigenvalue weighted by atomic mass is 15.3. The minimum Gasteiger partial charge on any atom is -0.336 e. The molecular weight excluding hydrogens is 260 g/mol. The van der Waals surface area contributed by atoms with Gasteiger partial charge in [-0.1, -0.05) is 13.3 Å². The molecule has 2 aliphatic heterocycles. The Bertz CT molecular complexity index is 402. The van der Waals surface area contributed by atoms with Crippen molar-refractivity contribution in [1.29, 1.82) is 0 Å². The minimum absolute atomic E-state index is 0.613. The van der Waals surface area contributed by atoms with E-state index in [1.54, 1.807) is 0 Å². The lowest BCUT2D eigenvalue weighted by molar-refractivity contribution is -0.0102. The first-order valence-electron chi connectivity index (χ1n) is 8.74. The number of imidazole rings is 1. The first-order chi connectivity index (χ1) is 10.3. The zero-order chi connectivity index (χ0) is 14.7. The minimum atomic E-state index is 0.613. The van der Waals surface area contributed by atoms with Gasteiger partial charge in [0.25, 0.3) is 0 Å². The zero-order valence-corrected chi connectivity index (χ0v) is 13.5. The monoisotopic (exact) mass is 290 g/mol. The molecule has 3 rings (SSSR count). The quantitative estimate of drug-likeness (QED) is 0.874. The van der Waals surface area contributed by atoms with Gasteiger partial charge in [0, 0.05) is 43.1 Å². The molecule has 0 radical (unpaired) electrons. The van der Waals surface area contributed by atoms with Gasteiger partial charge >= 0.3 is 0 Å². The van der Waals surface area contributed by atoms with E-state index in [-0.39, 0.29) is 0 Å². The second-order valence-corrected chi connectivity index (χ2v) is 6.92. The average molecular weight is 290 g/mol. The predicted octanol–water partition coefficient (Wildman–Crippen LogP) is 2.66. The molecule has 0 aromatic carbocycles. The van der Waals surface area contributed by atoms with Crippen molar-refractivity contribution in [3.63, 3.8) is 0 Å². The summed E-state index contributed by atoms with van der Waals surface area (Å²) >= 11 is 0. The number of hydrogen-bond acceptors (Lipinski definition) is 3. The maximum atomic E-state index is 4.17. The number of hydrogen-bond donors (Lipinski definition) is 1. The van der Waals surface area contributed by atoms with Gasteiger partial charge in [-0.05, 0) is 45.6 Å². The van der Waals surface area contributed by atoms with Crippen molar-refractivity contribution in [3.8, 4) is 0 Å². The lowest BCUT2D eigenvalue weighted by Crippen LogP contribution is -2.59.